The molecule has 0 amide bonds. The van der Waals surface area contributed by atoms with Crippen molar-refractivity contribution in [2.24, 2.45) is 5.41 Å². The van der Waals surface area contributed by atoms with Gasteiger partial charge in [0, 0.05) is 16.1 Å². The molecule has 20 heavy (non-hydrogen) atoms. The maximum absolute atomic E-state index is 5.65. The van der Waals surface area contributed by atoms with Crippen molar-refractivity contribution in [2.45, 2.75) is 52.5 Å². The SMILES string of the molecule is CCNC(c1cc(Br)c(C)cc1OC)C1(C)CCCC1. The van der Waals surface area contributed by atoms with E-state index in [1.165, 1.54) is 36.8 Å². The van der Waals surface area contributed by atoms with Gasteiger partial charge in [-0.15, -0.1) is 0 Å². The zero-order chi connectivity index (χ0) is 14.8. The van der Waals surface area contributed by atoms with E-state index in [1.807, 2.05) is 0 Å². The molecule has 1 saturated carbocycles. The normalized spacial score (nSPS) is 19.1. The molecule has 0 aliphatic heterocycles. The second-order valence-electron chi connectivity index (χ2n) is 6.20. The van der Waals surface area contributed by atoms with E-state index < -0.39 is 0 Å². The number of nitrogens with one attached hydrogen (secondary N) is 1. The lowest BCUT2D eigenvalue weighted by atomic mass is 9.76. The van der Waals surface area contributed by atoms with E-state index in [0.717, 1.165) is 16.8 Å². The molecule has 1 aromatic carbocycles. The average molecular weight is 340 g/mol. The van der Waals surface area contributed by atoms with Crippen molar-refractivity contribution in [3.8, 4) is 5.75 Å². The summed E-state index contributed by atoms with van der Waals surface area (Å²) in [4.78, 5) is 0. The van der Waals surface area contributed by atoms with Crippen LogP contribution < -0.4 is 10.1 Å². The maximum atomic E-state index is 5.65. The van der Waals surface area contributed by atoms with Crippen molar-refractivity contribution >= 4 is 15.9 Å². The number of hydrogen-bond acceptors (Lipinski definition) is 2. The van der Waals surface area contributed by atoms with Crippen LogP contribution in [0.2, 0.25) is 0 Å². The molecule has 1 aromatic rings. The molecule has 2 rings (SSSR count). The Bertz CT molecular complexity index is 466. The van der Waals surface area contributed by atoms with Gasteiger partial charge in [0.1, 0.15) is 5.75 Å². The van der Waals surface area contributed by atoms with Gasteiger partial charge in [-0.1, -0.05) is 42.6 Å². The molecular weight excluding hydrogens is 314 g/mol. The van der Waals surface area contributed by atoms with E-state index in [9.17, 15) is 0 Å². The molecular formula is C17H26BrNO. The fraction of sp³-hybridized carbons (Fsp3) is 0.647. The van der Waals surface area contributed by atoms with Gasteiger partial charge >= 0.3 is 0 Å². The van der Waals surface area contributed by atoms with Gasteiger partial charge in [0.25, 0.3) is 0 Å². The molecule has 1 atom stereocenters. The van der Waals surface area contributed by atoms with Gasteiger partial charge in [0.2, 0.25) is 0 Å². The Morgan fingerprint density at radius 2 is 2.00 bits per heavy atom. The van der Waals surface area contributed by atoms with Gasteiger partial charge in [0.15, 0.2) is 0 Å². The Morgan fingerprint density at radius 3 is 2.55 bits per heavy atom. The van der Waals surface area contributed by atoms with Crippen molar-refractivity contribution in [3.63, 3.8) is 0 Å². The summed E-state index contributed by atoms with van der Waals surface area (Å²) in [6.07, 6.45) is 5.26. The van der Waals surface area contributed by atoms with Crippen molar-refractivity contribution in [2.75, 3.05) is 13.7 Å². The molecule has 1 aliphatic carbocycles. The minimum Gasteiger partial charge on any atom is -0.496 e. The summed E-state index contributed by atoms with van der Waals surface area (Å²) in [7, 11) is 1.77. The summed E-state index contributed by atoms with van der Waals surface area (Å²) in [5.41, 5.74) is 2.84. The van der Waals surface area contributed by atoms with Crippen molar-refractivity contribution < 1.29 is 4.74 Å². The average Bonchev–Trinajstić information content (AvgIpc) is 2.86. The standard InChI is InChI=1S/C17H26BrNO/c1-5-19-16(17(3)8-6-7-9-17)13-11-14(18)12(2)10-15(13)20-4/h10-11,16,19H,5-9H2,1-4H3. The predicted molar refractivity (Wildman–Crippen MR) is 88.4 cm³/mol. The Labute approximate surface area is 131 Å². The quantitative estimate of drug-likeness (QED) is 0.815. The highest BCUT2D eigenvalue weighted by atomic mass is 79.9. The molecule has 2 nitrogen and oxygen atoms in total. The van der Waals surface area contributed by atoms with Crippen LogP contribution in [0.1, 0.15) is 56.7 Å². The number of halogens is 1. The van der Waals surface area contributed by atoms with Gasteiger partial charge in [-0.25, -0.2) is 0 Å². The lowest BCUT2D eigenvalue weighted by Gasteiger charge is -2.36. The van der Waals surface area contributed by atoms with Crippen molar-refractivity contribution in [3.05, 3.63) is 27.7 Å². The number of benzene rings is 1. The predicted octanol–water partition coefficient (Wildman–Crippen LogP) is 5.00. The summed E-state index contributed by atoms with van der Waals surface area (Å²) in [5, 5.41) is 3.70. The number of aryl methyl sites for hydroxylation is 1. The third-order valence-corrected chi connectivity index (χ3v) is 5.53. The summed E-state index contributed by atoms with van der Waals surface area (Å²) in [5.74, 6) is 1.00. The molecule has 1 unspecified atom stereocenters. The second kappa shape index (κ2) is 6.48. The number of methoxy groups -OCH3 is 1. The molecule has 1 N–H and O–H groups in total. The highest BCUT2D eigenvalue weighted by molar-refractivity contribution is 9.10. The van der Waals surface area contributed by atoms with Crippen LogP contribution in [0.5, 0.6) is 5.75 Å². The summed E-state index contributed by atoms with van der Waals surface area (Å²) in [6.45, 7) is 7.69. The fourth-order valence-corrected chi connectivity index (χ4v) is 3.84. The van der Waals surface area contributed by atoms with Crippen LogP contribution in [0.15, 0.2) is 16.6 Å². The zero-order valence-electron chi connectivity index (χ0n) is 13.1. The lowest BCUT2D eigenvalue weighted by molar-refractivity contribution is 0.221. The number of ether oxygens (including phenoxy) is 1. The molecule has 3 heteroatoms. The molecule has 1 fully saturated rings. The first-order chi connectivity index (χ1) is 9.51. The largest absolute Gasteiger partial charge is 0.496 e. The third-order valence-electron chi connectivity index (χ3n) is 4.67. The van der Waals surface area contributed by atoms with E-state index in [4.69, 9.17) is 4.74 Å². The Balaban J connectivity index is 2.45. The molecule has 0 aromatic heterocycles. The van der Waals surface area contributed by atoms with Crippen LogP contribution >= 0.6 is 15.9 Å². The summed E-state index contributed by atoms with van der Waals surface area (Å²) < 4.78 is 6.82. The monoisotopic (exact) mass is 339 g/mol. The van der Waals surface area contributed by atoms with E-state index in [1.54, 1.807) is 7.11 Å². The summed E-state index contributed by atoms with van der Waals surface area (Å²) in [6, 6.07) is 4.74. The Morgan fingerprint density at radius 1 is 1.35 bits per heavy atom. The van der Waals surface area contributed by atoms with Crippen LogP contribution in [0.3, 0.4) is 0 Å². The summed E-state index contributed by atoms with van der Waals surface area (Å²) >= 11 is 3.67. The zero-order valence-corrected chi connectivity index (χ0v) is 14.6. The first-order valence-corrected chi connectivity index (χ1v) is 8.38. The van der Waals surface area contributed by atoms with Crippen molar-refractivity contribution in [1.29, 1.82) is 0 Å². The van der Waals surface area contributed by atoms with E-state index in [-0.39, 0.29) is 0 Å². The molecule has 0 spiro atoms. The minimum absolute atomic E-state index is 0.331. The van der Waals surface area contributed by atoms with E-state index >= 15 is 0 Å². The van der Waals surface area contributed by atoms with Crippen molar-refractivity contribution in [1.82, 2.24) is 5.32 Å². The first kappa shape index (κ1) is 15.8. The van der Waals surface area contributed by atoms with Crippen LogP contribution in [0.25, 0.3) is 0 Å². The smallest absolute Gasteiger partial charge is 0.123 e. The van der Waals surface area contributed by atoms with E-state index in [0.29, 0.717) is 11.5 Å². The van der Waals surface area contributed by atoms with Crippen LogP contribution in [0.4, 0.5) is 0 Å². The van der Waals surface area contributed by atoms with Gasteiger partial charge < -0.3 is 10.1 Å². The minimum atomic E-state index is 0.331. The van der Waals surface area contributed by atoms with Gasteiger partial charge in [-0.3, -0.25) is 0 Å². The first-order valence-electron chi connectivity index (χ1n) is 7.59. The maximum Gasteiger partial charge on any atom is 0.123 e. The molecule has 112 valence electrons. The molecule has 0 radical (unpaired) electrons. The molecule has 0 bridgehead atoms. The van der Waals surface area contributed by atoms with Crippen LogP contribution in [-0.2, 0) is 0 Å². The van der Waals surface area contributed by atoms with Crippen LogP contribution in [-0.4, -0.2) is 13.7 Å². The lowest BCUT2D eigenvalue weighted by Crippen LogP contribution is -2.34. The molecule has 0 heterocycles. The van der Waals surface area contributed by atoms with Gasteiger partial charge in [0.05, 0.1) is 7.11 Å². The fourth-order valence-electron chi connectivity index (χ4n) is 3.48. The molecule has 1 aliphatic rings. The highest BCUT2D eigenvalue weighted by Gasteiger charge is 2.38. The Kier molecular flexibility index (Phi) is 5.14. The molecule has 0 saturated heterocycles. The highest BCUT2D eigenvalue weighted by Crippen LogP contribution is 2.49. The van der Waals surface area contributed by atoms with Gasteiger partial charge in [-0.2, -0.15) is 0 Å². The van der Waals surface area contributed by atoms with Gasteiger partial charge in [-0.05, 0) is 49.4 Å². The number of rotatable bonds is 5. The Hall–Kier alpha value is -0.540. The van der Waals surface area contributed by atoms with Crippen LogP contribution in [0, 0.1) is 12.3 Å². The topological polar surface area (TPSA) is 21.3 Å². The van der Waals surface area contributed by atoms with E-state index in [2.05, 4.69) is 54.2 Å². The second-order valence-corrected chi connectivity index (χ2v) is 7.05. The third kappa shape index (κ3) is 3.04. The number of hydrogen-bond donors (Lipinski definition) is 1.